The summed E-state index contributed by atoms with van der Waals surface area (Å²) in [6.45, 7) is 1.51. The van der Waals surface area contributed by atoms with E-state index in [0.717, 1.165) is 31.7 Å². The molecule has 92 valence electrons. The van der Waals surface area contributed by atoms with Gasteiger partial charge in [-0.2, -0.15) is 0 Å². The Bertz CT molecular complexity index is 385. The van der Waals surface area contributed by atoms with Crippen molar-refractivity contribution in [3.63, 3.8) is 0 Å². The quantitative estimate of drug-likeness (QED) is 0.742. The minimum Gasteiger partial charge on any atom is -0.464 e. The van der Waals surface area contributed by atoms with Gasteiger partial charge in [0.15, 0.2) is 5.69 Å². The Labute approximate surface area is 99.2 Å². The van der Waals surface area contributed by atoms with Crippen LogP contribution in [0.25, 0.3) is 0 Å². The lowest BCUT2D eigenvalue weighted by Crippen LogP contribution is -2.36. The first-order valence-corrected chi connectivity index (χ1v) is 5.54. The summed E-state index contributed by atoms with van der Waals surface area (Å²) in [7, 11) is 1.31. The maximum absolute atomic E-state index is 11.2. The average Bonchev–Trinajstić information content (AvgIpc) is 2.39. The van der Waals surface area contributed by atoms with Crippen LogP contribution in [-0.2, 0) is 4.74 Å². The number of rotatable bonds is 2. The Hall–Kier alpha value is -1.69. The number of aliphatic hydroxyl groups excluding tert-OH is 1. The van der Waals surface area contributed by atoms with Gasteiger partial charge >= 0.3 is 5.97 Å². The van der Waals surface area contributed by atoms with Crippen LogP contribution in [0.1, 0.15) is 23.3 Å². The predicted octanol–water partition coefficient (Wildman–Crippen LogP) is 0.224. The van der Waals surface area contributed by atoms with Gasteiger partial charge < -0.3 is 14.7 Å². The number of hydrogen-bond acceptors (Lipinski definition) is 6. The molecule has 0 atom stereocenters. The summed E-state index contributed by atoms with van der Waals surface area (Å²) in [4.78, 5) is 21.4. The van der Waals surface area contributed by atoms with E-state index in [2.05, 4.69) is 14.7 Å². The molecule has 0 saturated carbocycles. The number of aromatic nitrogens is 2. The predicted molar refractivity (Wildman–Crippen MR) is 60.8 cm³/mol. The van der Waals surface area contributed by atoms with Crippen molar-refractivity contribution in [2.45, 2.75) is 18.9 Å². The van der Waals surface area contributed by atoms with Crippen LogP contribution in [0.4, 0.5) is 5.82 Å². The Morgan fingerprint density at radius 3 is 2.65 bits per heavy atom. The molecule has 6 heteroatoms. The normalized spacial score (nSPS) is 16.9. The average molecular weight is 237 g/mol. The van der Waals surface area contributed by atoms with E-state index in [1.807, 2.05) is 4.90 Å². The molecule has 0 bridgehead atoms. The van der Waals surface area contributed by atoms with Gasteiger partial charge in [-0.1, -0.05) is 0 Å². The van der Waals surface area contributed by atoms with Gasteiger partial charge in [-0.15, -0.1) is 0 Å². The van der Waals surface area contributed by atoms with Gasteiger partial charge in [0.25, 0.3) is 0 Å². The molecule has 0 aromatic carbocycles. The van der Waals surface area contributed by atoms with Crippen molar-refractivity contribution in [2.24, 2.45) is 0 Å². The van der Waals surface area contributed by atoms with Crippen LogP contribution in [-0.4, -0.2) is 47.3 Å². The van der Waals surface area contributed by atoms with Crippen LogP contribution >= 0.6 is 0 Å². The molecule has 2 heterocycles. The number of hydrogen-bond donors (Lipinski definition) is 1. The highest BCUT2D eigenvalue weighted by Crippen LogP contribution is 2.16. The van der Waals surface area contributed by atoms with Crippen molar-refractivity contribution in [1.82, 2.24) is 9.97 Å². The van der Waals surface area contributed by atoms with E-state index >= 15 is 0 Å². The van der Waals surface area contributed by atoms with Crippen molar-refractivity contribution in [1.29, 1.82) is 0 Å². The lowest BCUT2D eigenvalue weighted by Gasteiger charge is -2.30. The molecule has 1 fully saturated rings. The Kier molecular flexibility index (Phi) is 3.53. The topological polar surface area (TPSA) is 75.5 Å². The SMILES string of the molecule is COC(=O)c1cnc(N2CCC(O)CC2)cn1. The second-order valence-electron chi connectivity index (χ2n) is 3.97. The van der Waals surface area contributed by atoms with E-state index in [9.17, 15) is 9.90 Å². The molecule has 1 aliphatic heterocycles. The number of nitrogens with zero attached hydrogens (tertiary/aromatic N) is 3. The number of carbonyl (C=O) groups excluding carboxylic acids is 1. The van der Waals surface area contributed by atoms with Crippen LogP contribution < -0.4 is 4.90 Å². The number of methoxy groups -OCH3 is 1. The summed E-state index contributed by atoms with van der Waals surface area (Å²) < 4.78 is 4.55. The zero-order valence-corrected chi connectivity index (χ0v) is 9.67. The fourth-order valence-corrected chi connectivity index (χ4v) is 1.79. The van der Waals surface area contributed by atoms with Gasteiger partial charge in [0.2, 0.25) is 0 Å². The highest BCUT2D eigenvalue weighted by molar-refractivity contribution is 5.86. The zero-order valence-electron chi connectivity index (χ0n) is 9.67. The number of esters is 1. The lowest BCUT2D eigenvalue weighted by atomic mass is 10.1. The molecule has 6 nitrogen and oxygen atoms in total. The molecular formula is C11H15N3O3. The molecule has 0 radical (unpaired) electrons. The molecule has 1 aliphatic rings. The molecule has 1 aromatic rings. The summed E-state index contributed by atoms with van der Waals surface area (Å²) in [5.74, 6) is 0.239. The van der Waals surface area contributed by atoms with Crippen molar-refractivity contribution in [3.05, 3.63) is 18.1 Å². The van der Waals surface area contributed by atoms with E-state index in [0.29, 0.717) is 0 Å². The van der Waals surface area contributed by atoms with Crippen LogP contribution in [0.2, 0.25) is 0 Å². The summed E-state index contributed by atoms with van der Waals surface area (Å²) >= 11 is 0. The molecule has 1 N–H and O–H groups in total. The van der Waals surface area contributed by atoms with Crippen LogP contribution in [0, 0.1) is 0 Å². The molecule has 2 rings (SSSR count). The number of anilines is 1. The minimum atomic E-state index is -0.488. The monoisotopic (exact) mass is 237 g/mol. The summed E-state index contributed by atoms with van der Waals surface area (Å²) in [6, 6.07) is 0. The number of piperidine rings is 1. The van der Waals surface area contributed by atoms with Crippen molar-refractivity contribution in [2.75, 3.05) is 25.1 Å². The maximum atomic E-state index is 11.2. The van der Waals surface area contributed by atoms with E-state index in [-0.39, 0.29) is 11.8 Å². The Morgan fingerprint density at radius 1 is 1.41 bits per heavy atom. The van der Waals surface area contributed by atoms with E-state index in [4.69, 9.17) is 0 Å². The fourth-order valence-electron chi connectivity index (χ4n) is 1.79. The largest absolute Gasteiger partial charge is 0.464 e. The first kappa shape index (κ1) is 11.8. The van der Waals surface area contributed by atoms with Crippen LogP contribution in [0.15, 0.2) is 12.4 Å². The summed E-state index contributed by atoms with van der Waals surface area (Å²) in [5.41, 5.74) is 0.202. The van der Waals surface area contributed by atoms with E-state index in [1.165, 1.54) is 13.3 Å². The van der Waals surface area contributed by atoms with Crippen molar-refractivity contribution < 1.29 is 14.6 Å². The third kappa shape index (κ3) is 2.71. The number of ether oxygens (including phenoxy) is 1. The molecular weight excluding hydrogens is 222 g/mol. The first-order valence-electron chi connectivity index (χ1n) is 5.54. The van der Waals surface area contributed by atoms with Gasteiger partial charge in [0.1, 0.15) is 5.82 Å². The second-order valence-corrected chi connectivity index (χ2v) is 3.97. The zero-order chi connectivity index (χ0) is 12.3. The van der Waals surface area contributed by atoms with Gasteiger partial charge in [-0.3, -0.25) is 0 Å². The minimum absolute atomic E-state index is 0.202. The summed E-state index contributed by atoms with van der Waals surface area (Å²) in [6.07, 6.45) is 4.23. The second kappa shape index (κ2) is 5.09. The van der Waals surface area contributed by atoms with Gasteiger partial charge in [0, 0.05) is 13.1 Å². The first-order chi connectivity index (χ1) is 8.20. The van der Waals surface area contributed by atoms with E-state index < -0.39 is 5.97 Å². The third-order valence-electron chi connectivity index (χ3n) is 2.82. The van der Waals surface area contributed by atoms with E-state index in [1.54, 1.807) is 6.20 Å². The van der Waals surface area contributed by atoms with Gasteiger partial charge in [-0.25, -0.2) is 14.8 Å². The maximum Gasteiger partial charge on any atom is 0.358 e. The lowest BCUT2D eigenvalue weighted by molar-refractivity contribution is 0.0593. The molecule has 0 unspecified atom stereocenters. The molecule has 1 saturated heterocycles. The Morgan fingerprint density at radius 2 is 2.12 bits per heavy atom. The fraction of sp³-hybridized carbons (Fsp3) is 0.545. The molecule has 0 aliphatic carbocycles. The smallest absolute Gasteiger partial charge is 0.358 e. The number of aliphatic hydroxyl groups is 1. The molecule has 0 spiro atoms. The molecule has 17 heavy (non-hydrogen) atoms. The van der Waals surface area contributed by atoms with Crippen LogP contribution in [0.5, 0.6) is 0 Å². The van der Waals surface area contributed by atoms with Gasteiger partial charge in [0.05, 0.1) is 25.6 Å². The third-order valence-corrected chi connectivity index (χ3v) is 2.82. The number of carbonyl (C=O) groups is 1. The standard InChI is InChI=1S/C11H15N3O3/c1-17-11(16)9-6-13-10(7-12-9)14-4-2-8(15)3-5-14/h6-8,15H,2-5H2,1H3. The van der Waals surface area contributed by atoms with Gasteiger partial charge in [-0.05, 0) is 12.8 Å². The Balaban J connectivity index is 2.05. The molecule has 0 amide bonds. The summed E-state index contributed by atoms with van der Waals surface area (Å²) in [5, 5.41) is 9.40. The van der Waals surface area contributed by atoms with Crippen LogP contribution in [0.3, 0.4) is 0 Å². The molecule has 1 aromatic heterocycles. The highest BCUT2D eigenvalue weighted by Gasteiger charge is 2.18. The van der Waals surface area contributed by atoms with Crippen molar-refractivity contribution in [3.8, 4) is 0 Å². The highest BCUT2D eigenvalue weighted by atomic mass is 16.5. The van der Waals surface area contributed by atoms with Crippen molar-refractivity contribution >= 4 is 11.8 Å².